The third kappa shape index (κ3) is 5.56. The van der Waals surface area contributed by atoms with Crippen LogP contribution in [0.3, 0.4) is 0 Å². The summed E-state index contributed by atoms with van der Waals surface area (Å²) in [6.45, 7) is 5.37. The van der Waals surface area contributed by atoms with E-state index in [4.69, 9.17) is 9.47 Å². The van der Waals surface area contributed by atoms with Crippen molar-refractivity contribution in [3.8, 4) is 0 Å². The van der Waals surface area contributed by atoms with E-state index in [0.29, 0.717) is 29.4 Å². The SMILES string of the molecule is CC(C)(C)OC(=O)OC1CCC(Nc2c([N+](=O)[O-])cnc3ccc(Br)cc23)CC1. The molecule has 0 aliphatic heterocycles. The fraction of sp³-hybridized carbons (Fsp3) is 0.500. The smallest absolute Gasteiger partial charge is 0.431 e. The highest BCUT2D eigenvalue weighted by molar-refractivity contribution is 9.10. The number of rotatable bonds is 4. The maximum Gasteiger partial charge on any atom is 0.509 e. The predicted octanol–water partition coefficient (Wildman–Crippen LogP) is 5.58. The number of ether oxygens (including phenoxy) is 2. The van der Waals surface area contributed by atoms with Gasteiger partial charge in [0.1, 0.15) is 23.6 Å². The lowest BCUT2D eigenvalue weighted by Gasteiger charge is -2.30. The van der Waals surface area contributed by atoms with Gasteiger partial charge in [-0.25, -0.2) is 9.78 Å². The molecule has 1 saturated carbocycles. The Morgan fingerprint density at radius 2 is 1.97 bits per heavy atom. The van der Waals surface area contributed by atoms with Gasteiger partial charge in [-0.1, -0.05) is 15.9 Å². The number of carbonyl (C=O) groups excluding carboxylic acids is 1. The van der Waals surface area contributed by atoms with Gasteiger partial charge in [0.15, 0.2) is 0 Å². The highest BCUT2D eigenvalue weighted by Crippen LogP contribution is 2.35. The largest absolute Gasteiger partial charge is 0.509 e. The summed E-state index contributed by atoms with van der Waals surface area (Å²) in [6.07, 6.45) is 3.20. The van der Waals surface area contributed by atoms with Crippen molar-refractivity contribution in [3.63, 3.8) is 0 Å². The lowest BCUT2D eigenvalue weighted by atomic mass is 9.92. The zero-order valence-corrected chi connectivity index (χ0v) is 18.2. The average Bonchev–Trinajstić information content (AvgIpc) is 2.62. The molecule has 156 valence electrons. The first-order chi connectivity index (χ1) is 13.6. The van der Waals surface area contributed by atoms with Gasteiger partial charge in [0, 0.05) is 15.9 Å². The molecule has 0 saturated heterocycles. The maximum atomic E-state index is 11.9. The van der Waals surface area contributed by atoms with Gasteiger partial charge < -0.3 is 14.8 Å². The number of halogens is 1. The van der Waals surface area contributed by atoms with Gasteiger partial charge in [0.05, 0.1) is 10.4 Å². The monoisotopic (exact) mass is 465 g/mol. The van der Waals surface area contributed by atoms with Crippen LogP contribution in [0, 0.1) is 10.1 Å². The van der Waals surface area contributed by atoms with E-state index in [9.17, 15) is 14.9 Å². The number of hydrogen-bond donors (Lipinski definition) is 1. The maximum absolute atomic E-state index is 11.9. The molecular weight excluding hydrogens is 442 g/mol. The Morgan fingerprint density at radius 1 is 1.28 bits per heavy atom. The van der Waals surface area contributed by atoms with E-state index in [1.807, 2.05) is 18.2 Å². The van der Waals surface area contributed by atoms with E-state index >= 15 is 0 Å². The van der Waals surface area contributed by atoms with Crippen molar-refractivity contribution >= 4 is 44.4 Å². The highest BCUT2D eigenvalue weighted by Gasteiger charge is 2.28. The van der Waals surface area contributed by atoms with E-state index in [0.717, 1.165) is 17.3 Å². The first-order valence-electron chi connectivity index (χ1n) is 9.51. The normalized spacial score (nSPS) is 19.6. The van der Waals surface area contributed by atoms with Crippen LogP contribution in [0.5, 0.6) is 0 Å². The first kappa shape index (κ1) is 21.3. The van der Waals surface area contributed by atoms with Crippen LogP contribution in [0.4, 0.5) is 16.2 Å². The van der Waals surface area contributed by atoms with Crippen LogP contribution in [0.25, 0.3) is 10.9 Å². The molecule has 3 rings (SSSR count). The molecule has 1 heterocycles. The summed E-state index contributed by atoms with van der Waals surface area (Å²) in [5, 5.41) is 15.6. The summed E-state index contributed by atoms with van der Waals surface area (Å²) in [6, 6.07) is 5.54. The van der Waals surface area contributed by atoms with Gasteiger partial charge in [-0.2, -0.15) is 0 Å². The fourth-order valence-corrected chi connectivity index (χ4v) is 3.74. The van der Waals surface area contributed by atoms with Crippen LogP contribution in [0.15, 0.2) is 28.9 Å². The summed E-state index contributed by atoms with van der Waals surface area (Å²) in [5.74, 6) is 0. The summed E-state index contributed by atoms with van der Waals surface area (Å²) in [5.41, 5.74) is 0.509. The second-order valence-corrected chi connectivity index (χ2v) is 9.05. The van der Waals surface area contributed by atoms with Crippen LogP contribution < -0.4 is 5.32 Å². The van der Waals surface area contributed by atoms with Crippen molar-refractivity contribution in [2.75, 3.05) is 5.32 Å². The van der Waals surface area contributed by atoms with Crippen LogP contribution >= 0.6 is 15.9 Å². The molecule has 8 nitrogen and oxygen atoms in total. The van der Waals surface area contributed by atoms with Crippen molar-refractivity contribution in [2.24, 2.45) is 0 Å². The number of hydrogen-bond acceptors (Lipinski definition) is 7. The Balaban J connectivity index is 1.70. The highest BCUT2D eigenvalue weighted by atomic mass is 79.9. The van der Waals surface area contributed by atoms with Gasteiger partial charge in [-0.3, -0.25) is 10.1 Å². The Labute approximate surface area is 177 Å². The van der Waals surface area contributed by atoms with Crippen LogP contribution in [-0.4, -0.2) is 33.8 Å². The third-order valence-electron chi connectivity index (χ3n) is 4.68. The van der Waals surface area contributed by atoms with Crippen LogP contribution in [0.2, 0.25) is 0 Å². The lowest BCUT2D eigenvalue weighted by Crippen LogP contribution is -2.33. The van der Waals surface area contributed by atoms with Crippen LogP contribution in [-0.2, 0) is 9.47 Å². The summed E-state index contributed by atoms with van der Waals surface area (Å²) < 4.78 is 11.4. The van der Waals surface area contributed by atoms with E-state index in [-0.39, 0.29) is 17.8 Å². The number of benzene rings is 1. The van der Waals surface area contributed by atoms with E-state index < -0.39 is 16.7 Å². The molecule has 0 atom stereocenters. The van der Waals surface area contributed by atoms with Crippen molar-refractivity contribution < 1.29 is 19.2 Å². The molecule has 1 aromatic carbocycles. The zero-order chi connectivity index (χ0) is 21.2. The molecule has 0 radical (unpaired) electrons. The molecule has 0 amide bonds. The number of nitrogens with one attached hydrogen (secondary N) is 1. The van der Waals surface area contributed by atoms with E-state index in [1.54, 1.807) is 20.8 Å². The number of pyridine rings is 1. The first-order valence-corrected chi connectivity index (χ1v) is 10.3. The fourth-order valence-electron chi connectivity index (χ4n) is 3.38. The lowest BCUT2D eigenvalue weighted by molar-refractivity contribution is -0.384. The molecule has 1 aliphatic carbocycles. The second kappa shape index (κ2) is 8.52. The minimum Gasteiger partial charge on any atom is -0.431 e. The van der Waals surface area contributed by atoms with Crippen LogP contribution in [0.1, 0.15) is 46.5 Å². The molecule has 2 aromatic rings. The average molecular weight is 466 g/mol. The minimum absolute atomic E-state index is 0.0387. The Hall–Kier alpha value is -2.42. The summed E-state index contributed by atoms with van der Waals surface area (Å²) >= 11 is 3.42. The molecule has 1 aromatic heterocycles. The molecule has 9 heteroatoms. The molecule has 0 bridgehead atoms. The van der Waals surface area contributed by atoms with Crippen molar-refractivity contribution in [3.05, 3.63) is 39.0 Å². The Bertz CT molecular complexity index is 920. The standard InChI is InChI=1S/C20H24BrN3O5/c1-20(2,3)29-19(25)28-14-7-5-13(6-8-14)23-18-15-10-12(21)4-9-16(15)22-11-17(18)24(26)27/h4,9-11,13-14H,5-8H2,1-3H3,(H,22,23). The minimum atomic E-state index is -0.658. The number of fused-ring (bicyclic) bond motifs is 1. The predicted molar refractivity (Wildman–Crippen MR) is 113 cm³/mol. The molecule has 0 spiro atoms. The number of aromatic nitrogens is 1. The molecular formula is C20H24BrN3O5. The molecule has 0 unspecified atom stereocenters. The van der Waals surface area contributed by atoms with Gasteiger partial charge >= 0.3 is 11.8 Å². The molecule has 1 fully saturated rings. The quantitative estimate of drug-likeness (QED) is 0.356. The van der Waals surface area contributed by atoms with Gasteiger partial charge in [-0.15, -0.1) is 0 Å². The zero-order valence-electron chi connectivity index (χ0n) is 16.6. The molecule has 1 N–H and O–H groups in total. The molecule has 1 aliphatic rings. The van der Waals surface area contributed by atoms with Crippen molar-refractivity contribution in [1.82, 2.24) is 4.98 Å². The van der Waals surface area contributed by atoms with Crippen molar-refractivity contribution in [1.29, 1.82) is 0 Å². The summed E-state index contributed by atoms with van der Waals surface area (Å²) in [4.78, 5) is 27.1. The van der Waals surface area contributed by atoms with E-state index in [1.165, 1.54) is 6.20 Å². The number of anilines is 1. The third-order valence-corrected chi connectivity index (χ3v) is 5.18. The number of nitrogens with zero attached hydrogens (tertiary/aromatic N) is 2. The topological polar surface area (TPSA) is 104 Å². The van der Waals surface area contributed by atoms with Gasteiger partial charge in [-0.05, 0) is 64.7 Å². The number of nitro groups is 1. The summed E-state index contributed by atoms with van der Waals surface area (Å²) in [7, 11) is 0. The van der Waals surface area contributed by atoms with E-state index in [2.05, 4.69) is 26.2 Å². The Kier molecular flexibility index (Phi) is 6.26. The second-order valence-electron chi connectivity index (χ2n) is 8.14. The van der Waals surface area contributed by atoms with Gasteiger partial charge in [0.25, 0.3) is 0 Å². The number of carbonyl (C=O) groups is 1. The van der Waals surface area contributed by atoms with Crippen molar-refractivity contribution in [2.45, 2.75) is 64.2 Å². The Morgan fingerprint density at radius 3 is 2.59 bits per heavy atom. The molecule has 29 heavy (non-hydrogen) atoms. The van der Waals surface area contributed by atoms with Gasteiger partial charge in [0.2, 0.25) is 0 Å².